The molecule has 0 amide bonds. The van der Waals surface area contributed by atoms with Crippen LogP contribution in [-0.2, 0) is 4.79 Å². The first-order valence-corrected chi connectivity index (χ1v) is 8.79. The predicted octanol–water partition coefficient (Wildman–Crippen LogP) is 5.49. The Morgan fingerprint density at radius 1 is 1.00 bits per heavy atom. The van der Waals surface area contributed by atoms with Gasteiger partial charge in [0, 0.05) is 18.9 Å². The first-order valence-electron chi connectivity index (χ1n) is 8.79. The highest BCUT2D eigenvalue weighted by molar-refractivity contribution is 5.66. The molecule has 5 nitrogen and oxygen atoms in total. The Kier molecular flexibility index (Phi) is 14.2. The van der Waals surface area contributed by atoms with Crippen molar-refractivity contribution in [2.45, 2.75) is 84.0 Å². The number of unbranched alkanes of at least 4 members (excludes halogenated alkanes) is 8. The van der Waals surface area contributed by atoms with Gasteiger partial charge in [-0.1, -0.05) is 57.6 Å². The molecule has 0 heterocycles. The van der Waals surface area contributed by atoms with Gasteiger partial charge in [0.25, 0.3) is 0 Å². The van der Waals surface area contributed by atoms with Crippen LogP contribution in [0, 0.1) is 10.1 Å². The van der Waals surface area contributed by atoms with E-state index in [4.69, 9.17) is 5.11 Å². The normalized spacial score (nSPS) is 12.0. The van der Waals surface area contributed by atoms with Gasteiger partial charge >= 0.3 is 5.97 Å². The first kappa shape index (κ1) is 21.4. The zero-order chi connectivity index (χ0) is 17.3. The third kappa shape index (κ3) is 15.0. The Balaban J connectivity index is 3.68. The fraction of sp³-hybridized carbons (Fsp3) is 0.722. The molecule has 132 valence electrons. The number of hydrogen-bond acceptors (Lipinski definition) is 3. The summed E-state index contributed by atoms with van der Waals surface area (Å²) in [5.41, 5.74) is 0.299. The van der Waals surface area contributed by atoms with Crippen LogP contribution < -0.4 is 0 Å². The third-order valence-corrected chi connectivity index (χ3v) is 3.71. The van der Waals surface area contributed by atoms with Gasteiger partial charge in [0.1, 0.15) is 0 Å². The van der Waals surface area contributed by atoms with E-state index in [-0.39, 0.29) is 11.3 Å². The Bertz CT molecular complexity index is 388. The number of nitro groups is 1. The molecular weight excluding hydrogens is 294 g/mol. The average Bonchev–Trinajstić information content (AvgIpc) is 2.50. The van der Waals surface area contributed by atoms with E-state index in [1.54, 1.807) is 12.2 Å². The number of carboxylic acids is 1. The van der Waals surface area contributed by atoms with Crippen LogP contribution in [0.15, 0.2) is 23.9 Å². The highest BCUT2D eigenvalue weighted by Crippen LogP contribution is 2.11. The second kappa shape index (κ2) is 15.3. The predicted molar refractivity (Wildman–Crippen MR) is 92.9 cm³/mol. The average molecular weight is 325 g/mol. The molecule has 0 fully saturated rings. The van der Waals surface area contributed by atoms with Crippen molar-refractivity contribution >= 4 is 5.97 Å². The second-order valence-electron chi connectivity index (χ2n) is 5.85. The summed E-state index contributed by atoms with van der Waals surface area (Å²) in [7, 11) is 0. The fourth-order valence-corrected chi connectivity index (χ4v) is 2.31. The minimum Gasteiger partial charge on any atom is -0.481 e. The Morgan fingerprint density at radius 2 is 1.61 bits per heavy atom. The molecule has 0 aliphatic heterocycles. The highest BCUT2D eigenvalue weighted by Gasteiger charge is 2.07. The van der Waals surface area contributed by atoms with Crippen LogP contribution in [0.1, 0.15) is 84.0 Å². The summed E-state index contributed by atoms with van der Waals surface area (Å²) >= 11 is 0. The van der Waals surface area contributed by atoms with Gasteiger partial charge in [-0.3, -0.25) is 14.9 Å². The highest BCUT2D eigenvalue weighted by atomic mass is 16.6. The topological polar surface area (TPSA) is 80.4 Å². The maximum Gasteiger partial charge on any atom is 0.303 e. The molecule has 0 rings (SSSR count). The molecule has 0 aliphatic rings. The van der Waals surface area contributed by atoms with Crippen molar-refractivity contribution < 1.29 is 14.8 Å². The van der Waals surface area contributed by atoms with Crippen LogP contribution in [0.4, 0.5) is 0 Å². The van der Waals surface area contributed by atoms with Crippen molar-refractivity contribution in [2.24, 2.45) is 0 Å². The molecule has 0 spiro atoms. The van der Waals surface area contributed by atoms with Gasteiger partial charge in [0.2, 0.25) is 5.70 Å². The molecule has 23 heavy (non-hydrogen) atoms. The fourth-order valence-electron chi connectivity index (χ4n) is 2.31. The monoisotopic (exact) mass is 325 g/mol. The molecule has 0 radical (unpaired) electrons. The van der Waals surface area contributed by atoms with E-state index in [1.165, 1.54) is 0 Å². The standard InChI is InChI=1S/C18H31NO4/c1-2-3-11-14-17(19(22)23)15-12-9-7-5-4-6-8-10-13-16-18(20)21/h9,12,15H,2-8,10-11,13-14,16H2,1H3,(H,20,21). The molecule has 0 aromatic rings. The van der Waals surface area contributed by atoms with E-state index >= 15 is 0 Å². The minimum atomic E-state index is -0.716. The Hall–Kier alpha value is -1.65. The zero-order valence-electron chi connectivity index (χ0n) is 14.3. The van der Waals surface area contributed by atoms with Crippen LogP contribution in [0.25, 0.3) is 0 Å². The van der Waals surface area contributed by atoms with E-state index in [2.05, 4.69) is 6.92 Å². The van der Waals surface area contributed by atoms with Crippen LogP contribution in [-0.4, -0.2) is 16.0 Å². The lowest BCUT2D eigenvalue weighted by atomic mass is 10.1. The summed E-state index contributed by atoms with van der Waals surface area (Å²) in [5.74, 6) is -0.716. The zero-order valence-corrected chi connectivity index (χ0v) is 14.3. The maximum absolute atomic E-state index is 10.9. The van der Waals surface area contributed by atoms with Crippen molar-refractivity contribution in [3.05, 3.63) is 34.0 Å². The third-order valence-electron chi connectivity index (χ3n) is 3.71. The van der Waals surface area contributed by atoms with Crippen LogP contribution in [0.2, 0.25) is 0 Å². The number of nitrogens with zero attached hydrogens (tertiary/aromatic N) is 1. The molecular formula is C18H31NO4. The summed E-state index contributed by atoms with van der Waals surface area (Å²) in [5, 5.41) is 19.4. The number of aliphatic carboxylic acids is 1. The number of hydrogen-bond donors (Lipinski definition) is 1. The van der Waals surface area contributed by atoms with Gasteiger partial charge in [-0.25, -0.2) is 0 Å². The minimum absolute atomic E-state index is 0.270. The van der Waals surface area contributed by atoms with E-state index in [9.17, 15) is 14.9 Å². The van der Waals surface area contributed by atoms with Crippen molar-refractivity contribution in [3.8, 4) is 0 Å². The SMILES string of the molecule is CCCCCC(=CC=CCCCCCCCCC(=O)O)[N+](=O)[O-]. The Labute approximate surface area is 139 Å². The number of allylic oxidation sites excluding steroid dienone is 4. The second-order valence-corrected chi connectivity index (χ2v) is 5.85. The van der Waals surface area contributed by atoms with E-state index in [1.807, 2.05) is 6.08 Å². The molecule has 0 saturated heterocycles. The smallest absolute Gasteiger partial charge is 0.303 e. The quantitative estimate of drug-likeness (QED) is 0.187. The Morgan fingerprint density at radius 3 is 2.22 bits per heavy atom. The summed E-state index contributed by atoms with van der Waals surface area (Å²) in [4.78, 5) is 21.0. The van der Waals surface area contributed by atoms with Crippen molar-refractivity contribution in [1.82, 2.24) is 0 Å². The lowest BCUT2D eigenvalue weighted by Gasteiger charge is -1.99. The van der Waals surface area contributed by atoms with Crippen molar-refractivity contribution in [2.75, 3.05) is 0 Å². The molecule has 0 saturated carbocycles. The van der Waals surface area contributed by atoms with Gasteiger partial charge in [-0.15, -0.1) is 0 Å². The van der Waals surface area contributed by atoms with Crippen LogP contribution in [0.5, 0.6) is 0 Å². The number of rotatable bonds is 15. The van der Waals surface area contributed by atoms with E-state index < -0.39 is 5.97 Å². The molecule has 0 aromatic heterocycles. The van der Waals surface area contributed by atoms with E-state index in [0.29, 0.717) is 12.1 Å². The molecule has 5 heteroatoms. The summed E-state index contributed by atoms with van der Waals surface area (Å²) in [6, 6.07) is 0. The van der Waals surface area contributed by atoms with Gasteiger partial charge in [-0.2, -0.15) is 0 Å². The lowest BCUT2D eigenvalue weighted by Crippen LogP contribution is -1.98. The summed E-state index contributed by atoms with van der Waals surface area (Å²) < 4.78 is 0. The maximum atomic E-state index is 10.9. The molecule has 1 N–H and O–H groups in total. The van der Waals surface area contributed by atoms with Crippen LogP contribution >= 0.6 is 0 Å². The van der Waals surface area contributed by atoms with Gasteiger partial charge < -0.3 is 5.11 Å². The van der Waals surface area contributed by atoms with E-state index in [0.717, 1.165) is 64.2 Å². The molecule has 0 bridgehead atoms. The lowest BCUT2D eigenvalue weighted by molar-refractivity contribution is -0.428. The summed E-state index contributed by atoms with van der Waals surface area (Å²) in [6.07, 6.45) is 16.3. The molecule has 0 atom stereocenters. The van der Waals surface area contributed by atoms with Gasteiger partial charge in [0.15, 0.2) is 0 Å². The van der Waals surface area contributed by atoms with Crippen LogP contribution in [0.3, 0.4) is 0 Å². The first-order chi connectivity index (χ1) is 11.1. The number of carbonyl (C=O) groups is 1. The molecule has 0 unspecified atom stereocenters. The summed E-state index contributed by atoms with van der Waals surface area (Å²) in [6.45, 7) is 2.08. The van der Waals surface area contributed by atoms with Crippen molar-refractivity contribution in [3.63, 3.8) is 0 Å². The molecule has 0 aliphatic carbocycles. The number of carboxylic acid groups (broad SMARTS) is 1. The van der Waals surface area contributed by atoms with Crippen molar-refractivity contribution in [1.29, 1.82) is 0 Å². The molecule has 0 aromatic carbocycles. The van der Waals surface area contributed by atoms with Gasteiger partial charge in [0.05, 0.1) is 4.92 Å². The van der Waals surface area contributed by atoms with Gasteiger partial charge in [-0.05, 0) is 25.7 Å². The largest absolute Gasteiger partial charge is 0.481 e.